The highest BCUT2D eigenvalue weighted by molar-refractivity contribution is 7.80. The van der Waals surface area contributed by atoms with Gasteiger partial charge in [-0.2, -0.15) is 0 Å². The SMILES string of the molecule is NNC(=S)NCC[NH+]1CCOCC1. The Morgan fingerprint density at radius 3 is 2.77 bits per heavy atom. The highest BCUT2D eigenvalue weighted by Crippen LogP contribution is 1.74. The molecule has 1 saturated heterocycles. The van der Waals surface area contributed by atoms with Crippen LogP contribution in [0.4, 0.5) is 0 Å². The lowest BCUT2D eigenvalue weighted by Crippen LogP contribution is -3.14. The third kappa shape index (κ3) is 4.37. The van der Waals surface area contributed by atoms with Crippen LogP contribution < -0.4 is 21.5 Å². The molecule has 5 N–H and O–H groups in total. The number of morpholine rings is 1. The van der Waals surface area contributed by atoms with Crippen molar-refractivity contribution >= 4 is 17.3 Å². The molecule has 0 spiro atoms. The van der Waals surface area contributed by atoms with Crippen molar-refractivity contribution in [2.75, 3.05) is 39.4 Å². The topological polar surface area (TPSA) is 63.8 Å². The first-order valence-corrected chi connectivity index (χ1v) is 4.89. The average Bonchev–Trinajstić information content (AvgIpc) is 2.19. The molecule has 1 rings (SSSR count). The van der Waals surface area contributed by atoms with E-state index in [0.717, 1.165) is 39.4 Å². The van der Waals surface area contributed by atoms with Crippen LogP contribution in [-0.4, -0.2) is 44.5 Å². The third-order valence-corrected chi connectivity index (χ3v) is 2.36. The van der Waals surface area contributed by atoms with Gasteiger partial charge in [-0.15, -0.1) is 0 Å². The van der Waals surface area contributed by atoms with Crippen molar-refractivity contribution in [3.63, 3.8) is 0 Å². The van der Waals surface area contributed by atoms with E-state index < -0.39 is 0 Å². The second kappa shape index (κ2) is 6.09. The first-order chi connectivity index (χ1) is 6.33. The first kappa shape index (κ1) is 10.6. The van der Waals surface area contributed by atoms with Crippen LogP contribution in [0, 0.1) is 0 Å². The lowest BCUT2D eigenvalue weighted by Gasteiger charge is -2.23. The summed E-state index contributed by atoms with van der Waals surface area (Å²) in [5, 5.41) is 3.52. The van der Waals surface area contributed by atoms with E-state index >= 15 is 0 Å². The molecule has 1 heterocycles. The zero-order chi connectivity index (χ0) is 9.52. The number of ether oxygens (including phenoxy) is 1. The monoisotopic (exact) mass is 205 g/mol. The smallest absolute Gasteiger partial charge is 0.180 e. The van der Waals surface area contributed by atoms with Gasteiger partial charge in [0.05, 0.1) is 26.3 Å². The van der Waals surface area contributed by atoms with Gasteiger partial charge in [0, 0.05) is 0 Å². The molecule has 0 amide bonds. The van der Waals surface area contributed by atoms with Crippen molar-refractivity contribution in [3.05, 3.63) is 0 Å². The standard InChI is InChI=1S/C7H16N4OS/c8-10-7(13)9-1-2-11-3-5-12-6-4-11/h1-6,8H2,(H2,9,10,13)/p+1. The van der Waals surface area contributed by atoms with Gasteiger partial charge < -0.3 is 20.4 Å². The predicted octanol–water partition coefficient (Wildman–Crippen LogP) is -2.76. The molecule has 1 aliphatic heterocycles. The summed E-state index contributed by atoms with van der Waals surface area (Å²) in [7, 11) is 0. The Labute approximate surface area is 83.6 Å². The minimum atomic E-state index is 0.507. The zero-order valence-electron chi connectivity index (χ0n) is 7.64. The van der Waals surface area contributed by atoms with Crippen LogP contribution in [0.1, 0.15) is 0 Å². The molecule has 0 saturated carbocycles. The fraction of sp³-hybridized carbons (Fsp3) is 0.857. The van der Waals surface area contributed by atoms with E-state index in [-0.39, 0.29) is 0 Å². The van der Waals surface area contributed by atoms with Crippen LogP contribution in [-0.2, 0) is 4.74 Å². The molecular formula is C7H17N4OS+. The van der Waals surface area contributed by atoms with Gasteiger partial charge in [0.25, 0.3) is 0 Å². The minimum absolute atomic E-state index is 0.507. The molecule has 0 unspecified atom stereocenters. The Kier molecular flexibility index (Phi) is 4.99. The Hall–Kier alpha value is -0.430. The summed E-state index contributed by atoms with van der Waals surface area (Å²) in [5.74, 6) is 5.11. The molecule has 76 valence electrons. The molecule has 0 aromatic carbocycles. The van der Waals surface area contributed by atoms with Crippen molar-refractivity contribution in [1.29, 1.82) is 0 Å². The lowest BCUT2D eigenvalue weighted by molar-refractivity contribution is -0.906. The normalized spacial score (nSPS) is 18.2. The van der Waals surface area contributed by atoms with E-state index in [0.29, 0.717) is 5.11 Å². The molecule has 13 heavy (non-hydrogen) atoms. The molecule has 5 nitrogen and oxygen atoms in total. The van der Waals surface area contributed by atoms with E-state index in [1.807, 2.05) is 0 Å². The molecule has 1 aliphatic rings. The van der Waals surface area contributed by atoms with Crippen LogP contribution in [0.5, 0.6) is 0 Å². The van der Waals surface area contributed by atoms with Gasteiger partial charge in [0.2, 0.25) is 0 Å². The van der Waals surface area contributed by atoms with Crippen LogP contribution in [0.25, 0.3) is 0 Å². The van der Waals surface area contributed by atoms with Crippen LogP contribution >= 0.6 is 12.2 Å². The fourth-order valence-electron chi connectivity index (χ4n) is 1.31. The summed E-state index contributed by atoms with van der Waals surface area (Å²) in [6.45, 7) is 5.84. The number of nitrogens with one attached hydrogen (secondary N) is 3. The molecular weight excluding hydrogens is 188 g/mol. The third-order valence-electron chi connectivity index (χ3n) is 2.10. The van der Waals surface area contributed by atoms with Gasteiger partial charge in [-0.05, 0) is 12.2 Å². The summed E-state index contributed by atoms with van der Waals surface area (Å²) >= 11 is 4.84. The van der Waals surface area contributed by atoms with Gasteiger partial charge in [-0.1, -0.05) is 0 Å². The van der Waals surface area contributed by atoms with Crippen molar-refractivity contribution < 1.29 is 9.64 Å². The Balaban J connectivity index is 2.01. The van der Waals surface area contributed by atoms with E-state index in [1.165, 1.54) is 0 Å². The molecule has 0 bridgehead atoms. The lowest BCUT2D eigenvalue weighted by atomic mass is 10.4. The number of nitrogens with two attached hydrogens (primary N) is 1. The van der Waals surface area contributed by atoms with E-state index in [2.05, 4.69) is 10.7 Å². The number of hydrazine groups is 1. The summed E-state index contributed by atoms with van der Waals surface area (Å²) in [4.78, 5) is 1.55. The highest BCUT2D eigenvalue weighted by Gasteiger charge is 2.12. The predicted molar refractivity (Wildman–Crippen MR) is 54.3 cm³/mol. The fourth-order valence-corrected chi connectivity index (χ4v) is 1.42. The maximum absolute atomic E-state index is 5.25. The summed E-state index contributed by atoms with van der Waals surface area (Å²) < 4.78 is 5.25. The summed E-state index contributed by atoms with van der Waals surface area (Å²) in [6.07, 6.45) is 0. The quantitative estimate of drug-likeness (QED) is 0.228. The van der Waals surface area contributed by atoms with Gasteiger partial charge in [-0.3, -0.25) is 0 Å². The molecule has 0 aromatic heterocycles. The highest BCUT2D eigenvalue weighted by atomic mass is 32.1. The number of rotatable bonds is 3. The molecule has 1 fully saturated rings. The van der Waals surface area contributed by atoms with Crippen molar-refractivity contribution in [3.8, 4) is 0 Å². The van der Waals surface area contributed by atoms with Crippen molar-refractivity contribution in [1.82, 2.24) is 10.7 Å². The molecule has 0 aromatic rings. The average molecular weight is 205 g/mol. The Bertz CT molecular complexity index is 161. The molecule has 0 aliphatic carbocycles. The number of quaternary nitrogens is 1. The van der Waals surface area contributed by atoms with E-state index in [1.54, 1.807) is 4.90 Å². The molecule has 0 atom stereocenters. The Morgan fingerprint density at radius 1 is 1.46 bits per heavy atom. The number of thiocarbonyl (C=S) groups is 1. The Morgan fingerprint density at radius 2 is 2.15 bits per heavy atom. The van der Waals surface area contributed by atoms with Gasteiger partial charge in [0.15, 0.2) is 5.11 Å². The van der Waals surface area contributed by atoms with Crippen LogP contribution in [0.15, 0.2) is 0 Å². The van der Waals surface area contributed by atoms with Crippen molar-refractivity contribution in [2.45, 2.75) is 0 Å². The second-order valence-electron chi connectivity index (χ2n) is 3.01. The van der Waals surface area contributed by atoms with Crippen LogP contribution in [0.2, 0.25) is 0 Å². The molecule has 6 heteroatoms. The number of hydrogen-bond acceptors (Lipinski definition) is 3. The maximum Gasteiger partial charge on any atom is 0.180 e. The molecule has 0 radical (unpaired) electrons. The summed E-state index contributed by atoms with van der Waals surface area (Å²) in [6, 6.07) is 0. The minimum Gasteiger partial charge on any atom is -0.370 e. The first-order valence-electron chi connectivity index (χ1n) is 4.48. The zero-order valence-corrected chi connectivity index (χ0v) is 8.45. The second-order valence-corrected chi connectivity index (χ2v) is 3.42. The van der Waals surface area contributed by atoms with Crippen LogP contribution in [0.3, 0.4) is 0 Å². The van der Waals surface area contributed by atoms with E-state index in [9.17, 15) is 0 Å². The summed E-state index contributed by atoms with van der Waals surface area (Å²) in [5.41, 5.74) is 2.39. The van der Waals surface area contributed by atoms with Gasteiger partial charge >= 0.3 is 0 Å². The largest absolute Gasteiger partial charge is 0.370 e. The maximum atomic E-state index is 5.25. The van der Waals surface area contributed by atoms with Crippen molar-refractivity contribution in [2.24, 2.45) is 5.84 Å². The van der Waals surface area contributed by atoms with E-state index in [4.69, 9.17) is 22.8 Å². The number of hydrogen-bond donors (Lipinski definition) is 4. The van der Waals surface area contributed by atoms with Gasteiger partial charge in [-0.25, -0.2) is 5.84 Å². The van der Waals surface area contributed by atoms with Gasteiger partial charge in [0.1, 0.15) is 13.1 Å².